The molecule has 0 spiro atoms. The number of rotatable bonds is 7. The second-order valence-electron chi connectivity index (χ2n) is 8.70. The Morgan fingerprint density at radius 2 is 1.82 bits per heavy atom. The molecule has 3 aromatic rings. The summed E-state index contributed by atoms with van der Waals surface area (Å²) in [6, 6.07) is 12.1. The van der Waals surface area contributed by atoms with E-state index in [0.29, 0.717) is 16.9 Å². The van der Waals surface area contributed by atoms with Gasteiger partial charge in [-0.3, -0.25) is 9.59 Å². The Morgan fingerprint density at radius 1 is 1.12 bits per heavy atom. The van der Waals surface area contributed by atoms with Crippen molar-refractivity contribution in [3.8, 4) is 5.69 Å². The van der Waals surface area contributed by atoms with Gasteiger partial charge in [-0.25, -0.2) is 4.68 Å². The molecule has 34 heavy (non-hydrogen) atoms. The summed E-state index contributed by atoms with van der Waals surface area (Å²) < 4.78 is 40.9. The molecule has 1 aromatic heterocycles. The lowest BCUT2D eigenvalue weighted by Gasteiger charge is -2.12. The Labute approximate surface area is 195 Å². The molecule has 1 aliphatic rings. The van der Waals surface area contributed by atoms with E-state index in [0.717, 1.165) is 30.5 Å². The fraction of sp³-hybridized carbons (Fsp3) is 0.320. The molecule has 1 aliphatic carbocycles. The summed E-state index contributed by atoms with van der Waals surface area (Å²) in [7, 11) is 0. The minimum absolute atomic E-state index is 0.0774. The molecule has 2 N–H and O–H groups in total. The smallest absolute Gasteiger partial charge is 0.348 e. The first kappa shape index (κ1) is 23.5. The third-order valence-corrected chi connectivity index (χ3v) is 5.63. The minimum atomic E-state index is -4.46. The molecule has 0 bridgehead atoms. The van der Waals surface area contributed by atoms with Crippen molar-refractivity contribution in [2.24, 2.45) is 5.92 Å². The maximum absolute atomic E-state index is 13.2. The number of anilines is 1. The molecule has 0 radical (unpaired) electrons. The summed E-state index contributed by atoms with van der Waals surface area (Å²) >= 11 is 0. The van der Waals surface area contributed by atoms with Gasteiger partial charge in [0.2, 0.25) is 5.91 Å². The zero-order valence-corrected chi connectivity index (χ0v) is 18.8. The van der Waals surface area contributed by atoms with Crippen LogP contribution in [-0.2, 0) is 17.5 Å². The van der Waals surface area contributed by atoms with Crippen LogP contribution in [0.15, 0.2) is 54.7 Å². The maximum atomic E-state index is 13.2. The van der Waals surface area contributed by atoms with E-state index in [1.165, 1.54) is 16.9 Å². The molecule has 6 nitrogen and oxygen atoms in total. The number of benzene rings is 2. The first-order chi connectivity index (χ1) is 16.1. The van der Waals surface area contributed by atoms with Crippen LogP contribution < -0.4 is 10.6 Å². The summed E-state index contributed by atoms with van der Waals surface area (Å²) in [5, 5.41) is 9.92. The van der Waals surface area contributed by atoms with Gasteiger partial charge in [0.25, 0.3) is 5.91 Å². The number of nitrogens with one attached hydrogen (secondary N) is 2. The van der Waals surface area contributed by atoms with E-state index >= 15 is 0 Å². The van der Waals surface area contributed by atoms with Crippen molar-refractivity contribution in [1.29, 1.82) is 0 Å². The van der Waals surface area contributed by atoms with Crippen molar-refractivity contribution < 1.29 is 22.8 Å². The Bertz CT molecular complexity index is 1200. The van der Waals surface area contributed by atoms with E-state index in [1.54, 1.807) is 18.2 Å². The second kappa shape index (κ2) is 9.32. The van der Waals surface area contributed by atoms with Crippen LogP contribution in [0, 0.1) is 5.92 Å². The van der Waals surface area contributed by atoms with Gasteiger partial charge in [-0.05, 0) is 48.7 Å². The third-order valence-electron chi connectivity index (χ3n) is 5.63. The van der Waals surface area contributed by atoms with Crippen LogP contribution >= 0.6 is 0 Å². The molecule has 0 unspecified atom stereocenters. The molecule has 1 heterocycles. The summed E-state index contributed by atoms with van der Waals surface area (Å²) in [4.78, 5) is 24.7. The highest BCUT2D eigenvalue weighted by atomic mass is 19.4. The van der Waals surface area contributed by atoms with Crippen molar-refractivity contribution in [3.05, 3.63) is 77.1 Å². The van der Waals surface area contributed by atoms with Gasteiger partial charge in [-0.2, -0.15) is 18.3 Å². The number of hydrogen-bond donors (Lipinski definition) is 2. The van der Waals surface area contributed by atoms with Gasteiger partial charge in [-0.1, -0.05) is 32.0 Å². The van der Waals surface area contributed by atoms with E-state index < -0.39 is 11.7 Å². The van der Waals surface area contributed by atoms with Gasteiger partial charge in [0.05, 0.1) is 28.7 Å². The molecule has 9 heteroatoms. The number of nitrogens with zero attached hydrogens (tertiary/aromatic N) is 2. The molecule has 2 aromatic carbocycles. The summed E-state index contributed by atoms with van der Waals surface area (Å²) in [5.41, 5.74) is 2.02. The molecule has 0 aliphatic heterocycles. The number of aromatic nitrogens is 2. The first-order valence-electron chi connectivity index (χ1n) is 11.1. The number of carbonyl (C=O) groups excluding carboxylic acids is 2. The number of alkyl halides is 3. The van der Waals surface area contributed by atoms with Crippen LogP contribution in [0.4, 0.5) is 18.9 Å². The van der Waals surface area contributed by atoms with E-state index in [4.69, 9.17) is 0 Å². The lowest BCUT2D eigenvalue weighted by atomic mass is 10.1. The average Bonchev–Trinajstić information content (AvgIpc) is 3.55. The highest BCUT2D eigenvalue weighted by molar-refractivity contribution is 5.95. The third kappa shape index (κ3) is 5.30. The molecule has 1 saturated carbocycles. The Hall–Kier alpha value is -3.62. The summed E-state index contributed by atoms with van der Waals surface area (Å²) in [6.07, 6.45) is -1.34. The monoisotopic (exact) mass is 470 g/mol. The predicted octanol–water partition coefficient (Wildman–Crippen LogP) is 5.29. The van der Waals surface area contributed by atoms with Gasteiger partial charge in [-0.15, -0.1) is 0 Å². The summed E-state index contributed by atoms with van der Waals surface area (Å²) in [6.45, 7) is 3.88. The standard InChI is InChI=1S/C25H25F3N4O2/c1-15(2)23(33)31-19-10-6-16(7-11-19)13-29-24(34)21-14-30-32(22(21)17-8-9-17)20-5-3-4-18(12-20)25(26,27)28/h3-7,10-12,14-15,17H,8-9,13H2,1-2H3,(H,29,34)(H,31,33). The molecule has 1 fully saturated rings. The van der Waals surface area contributed by atoms with Crippen LogP contribution in [0.25, 0.3) is 5.69 Å². The van der Waals surface area contributed by atoms with Crippen molar-refractivity contribution >= 4 is 17.5 Å². The average molecular weight is 470 g/mol. The van der Waals surface area contributed by atoms with E-state index in [-0.39, 0.29) is 35.9 Å². The molecule has 4 rings (SSSR count). The van der Waals surface area contributed by atoms with E-state index in [9.17, 15) is 22.8 Å². The Balaban J connectivity index is 1.48. The largest absolute Gasteiger partial charge is 0.416 e. The van der Waals surface area contributed by atoms with Gasteiger partial charge < -0.3 is 10.6 Å². The number of halogens is 3. The number of hydrogen-bond acceptors (Lipinski definition) is 3. The number of amides is 2. The lowest BCUT2D eigenvalue weighted by Crippen LogP contribution is -2.24. The van der Waals surface area contributed by atoms with Crippen LogP contribution in [0.2, 0.25) is 0 Å². The Kier molecular flexibility index (Phi) is 6.45. The Morgan fingerprint density at radius 3 is 2.44 bits per heavy atom. The SMILES string of the molecule is CC(C)C(=O)Nc1ccc(CNC(=O)c2cnn(-c3cccc(C(F)(F)F)c3)c2C2CC2)cc1. The zero-order valence-electron chi connectivity index (χ0n) is 18.8. The van der Waals surface area contributed by atoms with Crippen molar-refractivity contribution in [2.45, 2.75) is 45.3 Å². The van der Waals surface area contributed by atoms with E-state index in [1.807, 2.05) is 26.0 Å². The normalized spacial score (nSPS) is 13.7. The molecule has 2 amide bonds. The molecule has 0 saturated heterocycles. The van der Waals surface area contributed by atoms with Gasteiger partial charge in [0, 0.05) is 24.1 Å². The van der Waals surface area contributed by atoms with Crippen LogP contribution in [0.3, 0.4) is 0 Å². The minimum Gasteiger partial charge on any atom is -0.348 e. The molecule has 178 valence electrons. The van der Waals surface area contributed by atoms with Crippen LogP contribution in [0.1, 0.15) is 59.8 Å². The topological polar surface area (TPSA) is 76.0 Å². The lowest BCUT2D eigenvalue weighted by molar-refractivity contribution is -0.137. The fourth-order valence-corrected chi connectivity index (χ4v) is 3.57. The van der Waals surface area contributed by atoms with Gasteiger partial charge >= 0.3 is 6.18 Å². The highest BCUT2D eigenvalue weighted by Gasteiger charge is 2.34. The maximum Gasteiger partial charge on any atom is 0.416 e. The second-order valence-corrected chi connectivity index (χ2v) is 8.70. The first-order valence-corrected chi connectivity index (χ1v) is 11.1. The quantitative estimate of drug-likeness (QED) is 0.493. The van der Waals surface area contributed by atoms with Crippen LogP contribution in [0.5, 0.6) is 0 Å². The molecular weight excluding hydrogens is 445 g/mol. The number of carbonyl (C=O) groups is 2. The fourth-order valence-electron chi connectivity index (χ4n) is 3.57. The highest BCUT2D eigenvalue weighted by Crippen LogP contribution is 2.42. The van der Waals surface area contributed by atoms with Gasteiger partial charge in [0.15, 0.2) is 0 Å². The van der Waals surface area contributed by atoms with Crippen molar-refractivity contribution in [3.63, 3.8) is 0 Å². The predicted molar refractivity (Wildman–Crippen MR) is 122 cm³/mol. The van der Waals surface area contributed by atoms with E-state index in [2.05, 4.69) is 15.7 Å². The zero-order chi connectivity index (χ0) is 24.5. The van der Waals surface area contributed by atoms with Crippen LogP contribution in [-0.4, -0.2) is 21.6 Å². The summed E-state index contributed by atoms with van der Waals surface area (Å²) in [5.74, 6) is -0.457. The van der Waals surface area contributed by atoms with Crippen molar-refractivity contribution in [1.82, 2.24) is 15.1 Å². The van der Waals surface area contributed by atoms with Crippen molar-refractivity contribution in [2.75, 3.05) is 5.32 Å². The van der Waals surface area contributed by atoms with Gasteiger partial charge in [0.1, 0.15) is 0 Å². The molecular formula is C25H25F3N4O2. The molecule has 0 atom stereocenters.